The van der Waals surface area contributed by atoms with Gasteiger partial charge in [0.05, 0.1) is 13.2 Å². The van der Waals surface area contributed by atoms with Gasteiger partial charge in [0.25, 0.3) is 0 Å². The molecule has 1 aliphatic rings. The summed E-state index contributed by atoms with van der Waals surface area (Å²) in [6, 6.07) is 0. The van der Waals surface area contributed by atoms with Crippen LogP contribution in [0.4, 0.5) is 0 Å². The second kappa shape index (κ2) is 3.74. The largest absolute Gasteiger partial charge is 0.508 e. The van der Waals surface area contributed by atoms with Gasteiger partial charge in [-0.1, -0.05) is 13.0 Å². The van der Waals surface area contributed by atoms with Crippen molar-refractivity contribution in [3.8, 4) is 0 Å². The molecule has 68 valence electrons. The molecule has 1 rings (SSSR count). The standard InChI is InChI=1S/C9H14O3/c1-6-2-7(4-10)9(12)8(3-6)5-11/h2,6,10-12H,3-5H2,1H3/t6-/m1/s1. The molecule has 0 heterocycles. The average Bonchev–Trinajstić information content (AvgIpc) is 2.08. The second-order valence-corrected chi connectivity index (χ2v) is 3.14. The fourth-order valence-corrected chi connectivity index (χ4v) is 1.46. The van der Waals surface area contributed by atoms with Crippen LogP contribution in [-0.4, -0.2) is 28.5 Å². The molecule has 12 heavy (non-hydrogen) atoms. The van der Waals surface area contributed by atoms with E-state index in [0.29, 0.717) is 17.6 Å². The molecule has 0 aromatic carbocycles. The van der Waals surface area contributed by atoms with Crippen LogP contribution in [0, 0.1) is 5.92 Å². The summed E-state index contributed by atoms with van der Waals surface area (Å²) in [4.78, 5) is 0. The average molecular weight is 170 g/mol. The Morgan fingerprint density at radius 3 is 2.58 bits per heavy atom. The molecular formula is C9H14O3. The van der Waals surface area contributed by atoms with E-state index in [9.17, 15) is 5.11 Å². The number of aliphatic hydroxyl groups excluding tert-OH is 3. The summed E-state index contributed by atoms with van der Waals surface area (Å²) in [7, 11) is 0. The Kier molecular flexibility index (Phi) is 2.89. The lowest BCUT2D eigenvalue weighted by atomic mass is 9.91. The Labute approximate surface area is 71.7 Å². The SMILES string of the molecule is C[C@@H]1C=C(CO)C(O)=C(CO)C1. The number of hydrogen-bond donors (Lipinski definition) is 3. The topological polar surface area (TPSA) is 60.7 Å². The molecule has 3 N–H and O–H groups in total. The Bertz CT molecular complexity index is 228. The van der Waals surface area contributed by atoms with Gasteiger partial charge >= 0.3 is 0 Å². The van der Waals surface area contributed by atoms with E-state index < -0.39 is 0 Å². The first-order chi connectivity index (χ1) is 5.69. The van der Waals surface area contributed by atoms with Gasteiger partial charge in [-0.3, -0.25) is 0 Å². The van der Waals surface area contributed by atoms with Crippen molar-refractivity contribution in [2.45, 2.75) is 13.3 Å². The van der Waals surface area contributed by atoms with E-state index in [2.05, 4.69) is 0 Å². The van der Waals surface area contributed by atoms with Crippen molar-refractivity contribution in [2.24, 2.45) is 5.92 Å². The first-order valence-electron chi connectivity index (χ1n) is 4.02. The third-order valence-corrected chi connectivity index (χ3v) is 2.05. The van der Waals surface area contributed by atoms with Gasteiger partial charge in [0, 0.05) is 5.57 Å². The van der Waals surface area contributed by atoms with Crippen molar-refractivity contribution < 1.29 is 15.3 Å². The minimum Gasteiger partial charge on any atom is -0.508 e. The molecule has 1 aliphatic carbocycles. The van der Waals surface area contributed by atoms with Crippen LogP contribution in [0.15, 0.2) is 23.0 Å². The Morgan fingerprint density at radius 1 is 1.42 bits per heavy atom. The Hall–Kier alpha value is -0.800. The van der Waals surface area contributed by atoms with Crippen molar-refractivity contribution in [3.63, 3.8) is 0 Å². The highest BCUT2D eigenvalue weighted by molar-refractivity contribution is 5.34. The summed E-state index contributed by atoms with van der Waals surface area (Å²) in [5.74, 6) is 0.350. The van der Waals surface area contributed by atoms with Gasteiger partial charge in [0.2, 0.25) is 0 Å². The third kappa shape index (κ3) is 1.68. The number of hydrogen-bond acceptors (Lipinski definition) is 3. The number of aliphatic hydroxyl groups is 3. The first kappa shape index (κ1) is 9.29. The van der Waals surface area contributed by atoms with Crippen LogP contribution in [0.2, 0.25) is 0 Å². The molecule has 0 aromatic heterocycles. The monoisotopic (exact) mass is 170 g/mol. The molecule has 0 amide bonds. The van der Waals surface area contributed by atoms with E-state index in [1.54, 1.807) is 0 Å². The molecule has 0 aliphatic heterocycles. The van der Waals surface area contributed by atoms with Crippen molar-refractivity contribution >= 4 is 0 Å². The molecule has 0 radical (unpaired) electrons. The van der Waals surface area contributed by atoms with Gasteiger partial charge in [-0.15, -0.1) is 0 Å². The highest BCUT2D eigenvalue weighted by Gasteiger charge is 2.17. The Balaban J connectivity index is 2.91. The zero-order valence-corrected chi connectivity index (χ0v) is 7.12. The maximum atomic E-state index is 9.44. The van der Waals surface area contributed by atoms with Gasteiger partial charge < -0.3 is 15.3 Å². The minimum atomic E-state index is -0.167. The quantitative estimate of drug-likeness (QED) is 0.573. The highest BCUT2D eigenvalue weighted by atomic mass is 16.3. The van der Waals surface area contributed by atoms with E-state index >= 15 is 0 Å². The van der Waals surface area contributed by atoms with E-state index in [4.69, 9.17) is 10.2 Å². The molecule has 3 heteroatoms. The molecule has 3 nitrogen and oxygen atoms in total. The second-order valence-electron chi connectivity index (χ2n) is 3.14. The molecule has 0 bridgehead atoms. The van der Waals surface area contributed by atoms with Gasteiger partial charge in [-0.2, -0.15) is 0 Å². The summed E-state index contributed by atoms with van der Waals surface area (Å²) < 4.78 is 0. The van der Waals surface area contributed by atoms with E-state index in [-0.39, 0.29) is 24.9 Å². The van der Waals surface area contributed by atoms with Gasteiger partial charge in [0.15, 0.2) is 0 Å². The van der Waals surface area contributed by atoms with Crippen LogP contribution in [0.25, 0.3) is 0 Å². The lowest BCUT2D eigenvalue weighted by molar-refractivity contribution is 0.285. The third-order valence-electron chi connectivity index (χ3n) is 2.05. The summed E-state index contributed by atoms with van der Waals surface area (Å²) >= 11 is 0. The molecular weight excluding hydrogens is 156 g/mol. The Morgan fingerprint density at radius 2 is 2.08 bits per heavy atom. The molecule has 0 fully saturated rings. The normalized spacial score (nSPS) is 24.2. The minimum absolute atomic E-state index is 0.0677. The summed E-state index contributed by atoms with van der Waals surface area (Å²) in [6.07, 6.45) is 2.50. The summed E-state index contributed by atoms with van der Waals surface area (Å²) in [5.41, 5.74) is 1.15. The van der Waals surface area contributed by atoms with Crippen LogP contribution in [-0.2, 0) is 0 Å². The van der Waals surface area contributed by atoms with E-state index in [0.717, 1.165) is 0 Å². The first-order valence-corrected chi connectivity index (χ1v) is 4.02. The predicted octanol–water partition coefficient (Wildman–Crippen LogP) is 0.749. The summed E-state index contributed by atoms with van der Waals surface area (Å²) in [5, 5.41) is 27.2. The van der Waals surface area contributed by atoms with Crippen LogP contribution in [0.1, 0.15) is 13.3 Å². The van der Waals surface area contributed by atoms with Gasteiger partial charge in [-0.25, -0.2) is 0 Å². The van der Waals surface area contributed by atoms with Crippen molar-refractivity contribution in [2.75, 3.05) is 13.2 Å². The van der Waals surface area contributed by atoms with Gasteiger partial charge in [-0.05, 0) is 17.9 Å². The van der Waals surface area contributed by atoms with Crippen LogP contribution in [0.5, 0.6) is 0 Å². The number of rotatable bonds is 2. The van der Waals surface area contributed by atoms with Gasteiger partial charge in [0.1, 0.15) is 5.76 Å². The fraction of sp³-hybridized carbons (Fsp3) is 0.556. The zero-order chi connectivity index (χ0) is 9.14. The smallest absolute Gasteiger partial charge is 0.122 e. The van der Waals surface area contributed by atoms with Crippen molar-refractivity contribution in [3.05, 3.63) is 23.0 Å². The maximum absolute atomic E-state index is 9.44. The van der Waals surface area contributed by atoms with E-state index in [1.165, 1.54) is 0 Å². The number of allylic oxidation sites excluding steroid dienone is 1. The molecule has 0 saturated heterocycles. The van der Waals surface area contributed by atoms with E-state index in [1.807, 2.05) is 13.0 Å². The molecule has 1 atom stereocenters. The van der Waals surface area contributed by atoms with Crippen LogP contribution in [0.3, 0.4) is 0 Å². The van der Waals surface area contributed by atoms with Crippen molar-refractivity contribution in [1.82, 2.24) is 0 Å². The zero-order valence-electron chi connectivity index (χ0n) is 7.12. The molecule has 0 unspecified atom stereocenters. The maximum Gasteiger partial charge on any atom is 0.122 e. The predicted molar refractivity (Wildman–Crippen MR) is 45.7 cm³/mol. The lowest BCUT2D eigenvalue weighted by Crippen LogP contribution is -2.11. The lowest BCUT2D eigenvalue weighted by Gasteiger charge is -2.19. The van der Waals surface area contributed by atoms with Crippen molar-refractivity contribution in [1.29, 1.82) is 0 Å². The highest BCUT2D eigenvalue weighted by Crippen LogP contribution is 2.26. The molecule has 0 spiro atoms. The van der Waals surface area contributed by atoms with Crippen LogP contribution < -0.4 is 0 Å². The molecule has 0 saturated carbocycles. The van der Waals surface area contributed by atoms with Crippen LogP contribution >= 0.6 is 0 Å². The molecule has 0 aromatic rings. The fourth-order valence-electron chi connectivity index (χ4n) is 1.46. The summed E-state index contributed by atoms with van der Waals surface area (Å²) in [6.45, 7) is 1.69.